The highest BCUT2D eigenvalue weighted by Gasteiger charge is 2.19. The molecule has 0 aliphatic carbocycles. The molecule has 0 unspecified atom stereocenters. The van der Waals surface area contributed by atoms with E-state index < -0.39 is 10.0 Å². The molecule has 4 nitrogen and oxygen atoms in total. The third kappa shape index (κ3) is 5.72. The van der Waals surface area contributed by atoms with Crippen molar-refractivity contribution in [2.24, 2.45) is 0 Å². The molecule has 0 saturated heterocycles. The fourth-order valence-electron chi connectivity index (χ4n) is 1.83. The molecule has 0 radical (unpaired) electrons. The third-order valence-electron chi connectivity index (χ3n) is 2.91. The van der Waals surface area contributed by atoms with E-state index in [4.69, 9.17) is 0 Å². The first-order valence-corrected chi connectivity index (χ1v) is 8.43. The van der Waals surface area contributed by atoms with Gasteiger partial charge in [0.05, 0.1) is 5.75 Å². The summed E-state index contributed by atoms with van der Waals surface area (Å²) in [5.74, 6) is 0.160. The van der Waals surface area contributed by atoms with Gasteiger partial charge in [0.15, 0.2) is 0 Å². The van der Waals surface area contributed by atoms with Crippen molar-refractivity contribution in [2.75, 3.05) is 25.4 Å². The zero-order valence-corrected chi connectivity index (χ0v) is 12.6. The number of hydrogen-bond donors (Lipinski definition) is 1. The Hall–Kier alpha value is -0.910. The van der Waals surface area contributed by atoms with Crippen molar-refractivity contribution in [3.05, 3.63) is 35.9 Å². The monoisotopic (exact) mass is 284 g/mol. The highest BCUT2D eigenvalue weighted by molar-refractivity contribution is 7.89. The number of rotatable bonds is 9. The first kappa shape index (κ1) is 16.1. The third-order valence-corrected chi connectivity index (χ3v) is 4.81. The Morgan fingerprint density at radius 2 is 1.79 bits per heavy atom. The van der Waals surface area contributed by atoms with E-state index in [0.29, 0.717) is 19.6 Å². The molecule has 0 bridgehead atoms. The molecule has 1 rings (SSSR count). The average Bonchev–Trinajstić information content (AvgIpc) is 2.42. The van der Waals surface area contributed by atoms with Gasteiger partial charge in [0.1, 0.15) is 0 Å². The van der Waals surface area contributed by atoms with Crippen molar-refractivity contribution in [3.63, 3.8) is 0 Å². The minimum Gasteiger partial charge on any atom is -0.316 e. The van der Waals surface area contributed by atoms with Crippen LogP contribution in [0.2, 0.25) is 0 Å². The van der Waals surface area contributed by atoms with Gasteiger partial charge in [0.2, 0.25) is 10.0 Å². The molecular weight excluding hydrogens is 260 g/mol. The van der Waals surface area contributed by atoms with Crippen LogP contribution in [0.4, 0.5) is 0 Å². The Bertz CT molecular complexity index is 446. The van der Waals surface area contributed by atoms with Gasteiger partial charge in [-0.05, 0) is 18.5 Å². The van der Waals surface area contributed by atoms with Crippen LogP contribution in [0.15, 0.2) is 30.3 Å². The SMILES string of the molecule is CCCNCCS(=O)(=O)N(CC)Cc1ccccc1. The van der Waals surface area contributed by atoms with Crippen LogP contribution in [0.1, 0.15) is 25.8 Å². The van der Waals surface area contributed by atoms with Crippen LogP contribution in [-0.2, 0) is 16.6 Å². The average molecular weight is 284 g/mol. The van der Waals surface area contributed by atoms with Crippen LogP contribution >= 0.6 is 0 Å². The minimum atomic E-state index is -3.18. The first-order chi connectivity index (χ1) is 9.10. The van der Waals surface area contributed by atoms with Crippen LogP contribution < -0.4 is 5.32 Å². The van der Waals surface area contributed by atoms with Gasteiger partial charge in [-0.1, -0.05) is 44.2 Å². The molecule has 0 saturated carbocycles. The maximum Gasteiger partial charge on any atom is 0.215 e. The van der Waals surface area contributed by atoms with Gasteiger partial charge in [-0.25, -0.2) is 8.42 Å². The quantitative estimate of drug-likeness (QED) is 0.704. The molecule has 0 heterocycles. The van der Waals surface area contributed by atoms with Crippen LogP contribution in [0.3, 0.4) is 0 Å². The molecule has 0 aliphatic heterocycles. The Morgan fingerprint density at radius 1 is 1.11 bits per heavy atom. The molecule has 108 valence electrons. The minimum absolute atomic E-state index is 0.160. The van der Waals surface area contributed by atoms with Gasteiger partial charge in [-0.15, -0.1) is 0 Å². The number of nitrogens with one attached hydrogen (secondary N) is 1. The number of hydrogen-bond acceptors (Lipinski definition) is 3. The van der Waals surface area contributed by atoms with Crippen molar-refractivity contribution in [1.82, 2.24) is 9.62 Å². The second-order valence-corrected chi connectivity index (χ2v) is 6.57. The highest BCUT2D eigenvalue weighted by atomic mass is 32.2. The van der Waals surface area contributed by atoms with E-state index in [0.717, 1.165) is 18.5 Å². The van der Waals surface area contributed by atoms with Crippen molar-refractivity contribution in [3.8, 4) is 0 Å². The largest absolute Gasteiger partial charge is 0.316 e. The Balaban J connectivity index is 2.57. The summed E-state index contributed by atoms with van der Waals surface area (Å²) in [5.41, 5.74) is 1.02. The Morgan fingerprint density at radius 3 is 2.37 bits per heavy atom. The van der Waals surface area contributed by atoms with Crippen LogP contribution in [0, 0.1) is 0 Å². The summed E-state index contributed by atoms with van der Waals surface area (Å²) in [4.78, 5) is 0. The van der Waals surface area contributed by atoms with Gasteiger partial charge in [0.25, 0.3) is 0 Å². The predicted octanol–water partition coefficient (Wildman–Crippen LogP) is 1.84. The Labute approximate surface area is 116 Å². The molecule has 1 aromatic rings. The topological polar surface area (TPSA) is 49.4 Å². The summed E-state index contributed by atoms with van der Waals surface area (Å²) in [5, 5.41) is 3.13. The zero-order valence-electron chi connectivity index (χ0n) is 11.8. The van der Waals surface area contributed by atoms with Crippen LogP contribution in [0.5, 0.6) is 0 Å². The molecule has 1 N–H and O–H groups in total. The maximum atomic E-state index is 12.2. The van der Waals surface area contributed by atoms with E-state index in [1.165, 1.54) is 4.31 Å². The van der Waals surface area contributed by atoms with Crippen LogP contribution in [-0.4, -0.2) is 38.1 Å². The molecule has 0 amide bonds. The first-order valence-electron chi connectivity index (χ1n) is 6.82. The van der Waals surface area contributed by atoms with Crippen molar-refractivity contribution >= 4 is 10.0 Å². The molecule has 19 heavy (non-hydrogen) atoms. The highest BCUT2D eigenvalue weighted by Crippen LogP contribution is 2.09. The molecular formula is C14H24N2O2S. The van der Waals surface area contributed by atoms with E-state index in [-0.39, 0.29) is 5.75 Å². The molecule has 0 spiro atoms. The number of sulfonamides is 1. The number of nitrogens with zero attached hydrogens (tertiary/aromatic N) is 1. The fraction of sp³-hybridized carbons (Fsp3) is 0.571. The standard InChI is InChI=1S/C14H24N2O2S/c1-3-10-15-11-12-19(17,18)16(4-2)13-14-8-6-5-7-9-14/h5-9,15H,3-4,10-13H2,1-2H3. The molecule has 0 fully saturated rings. The van der Waals surface area contributed by atoms with E-state index in [1.807, 2.05) is 37.3 Å². The summed E-state index contributed by atoms with van der Waals surface area (Å²) in [6.07, 6.45) is 1.02. The normalized spacial score (nSPS) is 11.9. The van der Waals surface area contributed by atoms with Gasteiger partial charge in [0, 0.05) is 19.6 Å². The molecule has 0 aromatic heterocycles. The summed E-state index contributed by atoms with van der Waals surface area (Å²) in [6.45, 7) is 6.27. The van der Waals surface area contributed by atoms with Gasteiger partial charge in [-0.3, -0.25) is 0 Å². The van der Waals surface area contributed by atoms with Gasteiger partial charge < -0.3 is 5.32 Å². The van der Waals surface area contributed by atoms with E-state index in [2.05, 4.69) is 12.2 Å². The predicted molar refractivity (Wildman–Crippen MR) is 79.5 cm³/mol. The second-order valence-electron chi connectivity index (χ2n) is 4.48. The lowest BCUT2D eigenvalue weighted by molar-refractivity contribution is 0.422. The molecule has 1 aromatic carbocycles. The van der Waals surface area contributed by atoms with Gasteiger partial charge in [-0.2, -0.15) is 4.31 Å². The number of benzene rings is 1. The summed E-state index contributed by atoms with van der Waals surface area (Å²) < 4.78 is 26.0. The van der Waals surface area contributed by atoms with Crippen LogP contribution in [0.25, 0.3) is 0 Å². The van der Waals surface area contributed by atoms with Crippen molar-refractivity contribution < 1.29 is 8.42 Å². The smallest absolute Gasteiger partial charge is 0.215 e. The Kier molecular flexibility index (Phi) is 7.05. The van der Waals surface area contributed by atoms with E-state index >= 15 is 0 Å². The lowest BCUT2D eigenvalue weighted by Crippen LogP contribution is -2.36. The summed E-state index contributed by atoms with van der Waals surface area (Å²) in [7, 11) is -3.18. The lowest BCUT2D eigenvalue weighted by Gasteiger charge is -2.20. The lowest BCUT2D eigenvalue weighted by atomic mass is 10.2. The van der Waals surface area contributed by atoms with Crippen molar-refractivity contribution in [2.45, 2.75) is 26.8 Å². The van der Waals surface area contributed by atoms with Crippen molar-refractivity contribution in [1.29, 1.82) is 0 Å². The van der Waals surface area contributed by atoms with E-state index in [1.54, 1.807) is 0 Å². The summed E-state index contributed by atoms with van der Waals surface area (Å²) >= 11 is 0. The second kappa shape index (κ2) is 8.30. The van der Waals surface area contributed by atoms with Gasteiger partial charge >= 0.3 is 0 Å². The summed E-state index contributed by atoms with van der Waals surface area (Å²) in [6, 6.07) is 9.70. The molecule has 0 atom stereocenters. The van der Waals surface area contributed by atoms with E-state index in [9.17, 15) is 8.42 Å². The molecule has 0 aliphatic rings. The maximum absolute atomic E-state index is 12.2. The molecule has 5 heteroatoms. The fourth-order valence-corrected chi connectivity index (χ4v) is 3.23. The zero-order chi connectivity index (χ0) is 14.1.